The summed E-state index contributed by atoms with van der Waals surface area (Å²) in [4.78, 5) is 15.8. The van der Waals surface area contributed by atoms with Crippen molar-refractivity contribution in [2.45, 2.75) is 19.4 Å². The summed E-state index contributed by atoms with van der Waals surface area (Å²) in [5.41, 5.74) is 8.59. The van der Waals surface area contributed by atoms with Crippen molar-refractivity contribution < 1.29 is 19.4 Å². The third kappa shape index (κ3) is 6.46. The van der Waals surface area contributed by atoms with Crippen LogP contribution in [0, 0.1) is 0 Å². The fourth-order valence-corrected chi connectivity index (χ4v) is 7.62. The first-order valence-corrected chi connectivity index (χ1v) is 17.7. The van der Waals surface area contributed by atoms with Crippen LogP contribution in [0.3, 0.4) is 0 Å². The molecular formula is C45H40N2O4. The lowest BCUT2D eigenvalue weighted by Crippen LogP contribution is -2.36. The Morgan fingerprint density at radius 3 is 2.20 bits per heavy atom. The zero-order valence-electron chi connectivity index (χ0n) is 28.5. The van der Waals surface area contributed by atoms with E-state index in [2.05, 4.69) is 89.8 Å². The fourth-order valence-electron chi connectivity index (χ4n) is 7.62. The molecule has 0 bridgehead atoms. The van der Waals surface area contributed by atoms with Gasteiger partial charge in [0, 0.05) is 47.2 Å². The number of aromatic nitrogens is 1. The van der Waals surface area contributed by atoms with Gasteiger partial charge in [0.25, 0.3) is 0 Å². The van der Waals surface area contributed by atoms with Gasteiger partial charge in [-0.3, -0.25) is 0 Å². The van der Waals surface area contributed by atoms with Crippen LogP contribution in [-0.4, -0.2) is 48.6 Å². The quantitative estimate of drug-likeness (QED) is 0.139. The van der Waals surface area contributed by atoms with E-state index in [1.807, 2.05) is 59.2 Å². The molecule has 1 aliphatic heterocycles. The molecule has 7 aromatic rings. The first kappa shape index (κ1) is 32.4. The van der Waals surface area contributed by atoms with Gasteiger partial charge in [-0.1, -0.05) is 127 Å². The Morgan fingerprint density at radius 1 is 0.686 bits per heavy atom. The van der Waals surface area contributed by atoms with Crippen LogP contribution < -0.4 is 9.64 Å². The minimum Gasteiger partial charge on any atom is -0.493 e. The topological polar surface area (TPSA) is 63.9 Å². The molecule has 2 heterocycles. The Balaban J connectivity index is 1.24. The molecule has 0 saturated carbocycles. The predicted octanol–water partition coefficient (Wildman–Crippen LogP) is 9.72. The number of morpholine rings is 1. The van der Waals surface area contributed by atoms with Crippen LogP contribution in [0.1, 0.15) is 28.0 Å². The normalized spacial score (nSPS) is 13.1. The molecule has 0 aliphatic carbocycles. The average molecular weight is 673 g/mol. The van der Waals surface area contributed by atoms with Crippen molar-refractivity contribution in [2.75, 3.05) is 37.8 Å². The fraction of sp³-hybridized carbons (Fsp3) is 0.178. The summed E-state index contributed by atoms with van der Waals surface area (Å²) in [6.07, 6.45) is 1.22. The van der Waals surface area contributed by atoms with Crippen LogP contribution in [0.5, 0.6) is 5.75 Å². The predicted molar refractivity (Wildman–Crippen MR) is 206 cm³/mol. The van der Waals surface area contributed by atoms with Crippen LogP contribution >= 0.6 is 0 Å². The zero-order chi connectivity index (χ0) is 34.6. The van der Waals surface area contributed by atoms with Gasteiger partial charge >= 0.3 is 5.97 Å². The lowest BCUT2D eigenvalue weighted by atomic mass is 9.97. The minimum absolute atomic E-state index is 0.328. The Bertz CT molecular complexity index is 2320. The number of benzene rings is 6. The van der Waals surface area contributed by atoms with Crippen LogP contribution in [0.15, 0.2) is 140 Å². The number of aryl methyl sites for hydroxylation is 1. The first-order chi connectivity index (χ1) is 25.2. The van der Waals surface area contributed by atoms with Gasteiger partial charge in [0.2, 0.25) is 0 Å². The number of carboxylic acids is 1. The van der Waals surface area contributed by atoms with Gasteiger partial charge in [-0.25, -0.2) is 4.79 Å². The molecule has 1 saturated heterocycles. The molecule has 1 aromatic heterocycles. The van der Waals surface area contributed by atoms with Gasteiger partial charge in [-0.2, -0.15) is 0 Å². The Kier molecular flexibility index (Phi) is 9.24. The summed E-state index contributed by atoms with van der Waals surface area (Å²) < 4.78 is 14.1. The van der Waals surface area contributed by atoms with E-state index in [1.54, 1.807) is 0 Å². The molecule has 51 heavy (non-hydrogen) atoms. The van der Waals surface area contributed by atoms with E-state index in [-0.39, 0.29) is 0 Å². The number of anilines is 1. The summed E-state index contributed by atoms with van der Waals surface area (Å²) in [5.74, 6) is -0.0886. The monoisotopic (exact) mass is 672 g/mol. The van der Waals surface area contributed by atoms with Crippen molar-refractivity contribution in [1.82, 2.24) is 4.57 Å². The first-order valence-electron chi connectivity index (χ1n) is 17.7. The summed E-state index contributed by atoms with van der Waals surface area (Å²) >= 11 is 0. The number of hydrogen-bond donors (Lipinski definition) is 1. The number of hydrogen-bond acceptors (Lipinski definition) is 4. The second-order valence-corrected chi connectivity index (χ2v) is 13.0. The highest BCUT2D eigenvalue weighted by atomic mass is 16.5. The molecule has 6 nitrogen and oxygen atoms in total. The van der Waals surface area contributed by atoms with Crippen molar-refractivity contribution in [3.63, 3.8) is 0 Å². The molecule has 8 rings (SSSR count). The molecule has 254 valence electrons. The van der Waals surface area contributed by atoms with Gasteiger partial charge in [-0.15, -0.1) is 0 Å². The number of carbonyl (C=O) groups is 1. The van der Waals surface area contributed by atoms with Gasteiger partial charge in [0.15, 0.2) is 0 Å². The average Bonchev–Trinajstić information content (AvgIpc) is 3.50. The van der Waals surface area contributed by atoms with Crippen molar-refractivity contribution in [1.29, 1.82) is 0 Å². The maximum absolute atomic E-state index is 13.4. The Labute approximate surface area is 298 Å². The van der Waals surface area contributed by atoms with E-state index in [4.69, 9.17) is 9.47 Å². The number of rotatable bonds is 11. The number of ether oxygens (including phenoxy) is 2. The molecule has 6 aromatic carbocycles. The highest BCUT2D eigenvalue weighted by Crippen LogP contribution is 2.40. The maximum atomic E-state index is 13.4. The Hall–Kier alpha value is -5.85. The maximum Gasteiger partial charge on any atom is 0.352 e. The number of aromatic carboxylic acids is 1. The molecule has 1 fully saturated rings. The van der Waals surface area contributed by atoms with E-state index >= 15 is 0 Å². The molecule has 0 radical (unpaired) electrons. The smallest absolute Gasteiger partial charge is 0.352 e. The molecule has 0 unspecified atom stereocenters. The van der Waals surface area contributed by atoms with E-state index in [0.29, 0.717) is 44.9 Å². The second kappa shape index (κ2) is 14.6. The van der Waals surface area contributed by atoms with E-state index in [9.17, 15) is 9.90 Å². The van der Waals surface area contributed by atoms with Crippen LogP contribution in [0.25, 0.3) is 43.9 Å². The van der Waals surface area contributed by atoms with E-state index < -0.39 is 5.97 Å². The molecule has 1 N–H and O–H groups in total. The summed E-state index contributed by atoms with van der Waals surface area (Å²) in [6, 6.07) is 47.7. The largest absolute Gasteiger partial charge is 0.493 e. The zero-order valence-corrected chi connectivity index (χ0v) is 28.5. The lowest BCUT2D eigenvalue weighted by Gasteiger charge is -2.31. The third-order valence-corrected chi connectivity index (χ3v) is 9.94. The summed E-state index contributed by atoms with van der Waals surface area (Å²) in [6.45, 7) is 3.85. The Morgan fingerprint density at radius 2 is 1.35 bits per heavy atom. The van der Waals surface area contributed by atoms with Crippen molar-refractivity contribution in [3.8, 4) is 28.0 Å². The number of nitrogens with zero attached hydrogens (tertiary/aromatic N) is 2. The highest BCUT2D eigenvalue weighted by Gasteiger charge is 2.26. The summed E-state index contributed by atoms with van der Waals surface area (Å²) in [5, 5.41) is 14.2. The third-order valence-electron chi connectivity index (χ3n) is 9.94. The number of fused-ring (bicyclic) bond motifs is 2. The standard InChI is InChI=1S/C45H40N2O4/c48-45(49)44-40(23-12-28-51-42-25-10-17-33-15-4-7-19-36(33)42)39-22-11-21-38(37-20-8-9-24-41(37)46-26-29-50-30-27-46)43(39)47(44)31-34-16-5-6-18-35(34)32-13-2-1-3-14-32/h1-11,13-22,24-25H,12,23,26-31H2,(H,48,49). The molecule has 0 atom stereocenters. The second-order valence-electron chi connectivity index (χ2n) is 13.0. The van der Waals surface area contributed by atoms with Gasteiger partial charge in [0.1, 0.15) is 11.4 Å². The molecule has 0 spiro atoms. The van der Waals surface area contributed by atoms with E-state index in [1.165, 1.54) is 0 Å². The number of para-hydroxylation sites is 2. The molecule has 6 heteroatoms. The van der Waals surface area contributed by atoms with Crippen molar-refractivity contribution >= 4 is 33.3 Å². The summed E-state index contributed by atoms with van der Waals surface area (Å²) in [7, 11) is 0. The van der Waals surface area contributed by atoms with Gasteiger partial charge < -0.3 is 24.0 Å². The van der Waals surface area contributed by atoms with Crippen molar-refractivity contribution in [2.24, 2.45) is 0 Å². The minimum atomic E-state index is -0.930. The molecule has 1 aliphatic rings. The molecular weight excluding hydrogens is 633 g/mol. The van der Waals surface area contributed by atoms with Crippen molar-refractivity contribution in [3.05, 3.63) is 156 Å². The van der Waals surface area contributed by atoms with Gasteiger partial charge in [-0.05, 0) is 52.6 Å². The highest BCUT2D eigenvalue weighted by molar-refractivity contribution is 6.05. The number of carboxylic acid groups (broad SMARTS) is 1. The van der Waals surface area contributed by atoms with E-state index in [0.717, 1.165) is 79.6 Å². The van der Waals surface area contributed by atoms with Crippen LogP contribution in [0.4, 0.5) is 5.69 Å². The van der Waals surface area contributed by atoms with Gasteiger partial charge in [0.05, 0.1) is 25.3 Å². The van der Waals surface area contributed by atoms with Crippen LogP contribution in [-0.2, 0) is 17.7 Å². The lowest BCUT2D eigenvalue weighted by molar-refractivity contribution is 0.0684. The molecule has 0 amide bonds. The SMILES string of the molecule is O=C(O)c1c(CCCOc2cccc3ccccc23)c2cccc(-c3ccccc3N3CCOCC3)c2n1Cc1ccccc1-c1ccccc1. The van der Waals surface area contributed by atoms with Crippen LogP contribution in [0.2, 0.25) is 0 Å².